The monoisotopic (exact) mass is 374 g/mol. The third-order valence-electron chi connectivity index (χ3n) is 4.19. The molecule has 0 N–H and O–H groups in total. The second-order valence-corrected chi connectivity index (χ2v) is 7.44. The highest BCUT2D eigenvalue weighted by Crippen LogP contribution is 2.36. The van der Waals surface area contributed by atoms with Crippen LogP contribution in [0.15, 0.2) is 94.2 Å². The zero-order valence-electron chi connectivity index (χ0n) is 14.1. The molecule has 1 heterocycles. The standard InChI is InChI=1S/C20H14N4O2S/c21-22-19-17-13-7-8-14-18(17)24(15-9-3-1-4-10-15)20(19)23-27(25,26)16-11-5-2-6-12-16/h1-14H. The van der Waals surface area contributed by atoms with E-state index in [9.17, 15) is 13.9 Å². The molecular weight excluding hydrogens is 360 g/mol. The summed E-state index contributed by atoms with van der Waals surface area (Å²) >= 11 is 0. The molecule has 0 atom stereocenters. The topological polar surface area (TPSA) is 86.1 Å². The minimum Gasteiger partial charge on any atom is -0.361 e. The first-order chi connectivity index (χ1) is 13.1. The summed E-state index contributed by atoms with van der Waals surface area (Å²) in [5.74, 6) is 0.0498. The Morgan fingerprint density at radius 1 is 0.815 bits per heavy atom. The van der Waals surface area contributed by atoms with E-state index in [0.717, 1.165) is 0 Å². The smallest absolute Gasteiger partial charge is 0.361 e. The van der Waals surface area contributed by atoms with Crippen LogP contribution in [-0.4, -0.2) is 24.8 Å². The lowest BCUT2D eigenvalue weighted by molar-refractivity contribution is -0.000194. The molecule has 6 nitrogen and oxygen atoms in total. The van der Waals surface area contributed by atoms with Gasteiger partial charge in [-0.05, 0) is 36.4 Å². The lowest BCUT2D eigenvalue weighted by Gasteiger charge is -2.18. The Bertz CT molecular complexity index is 1180. The second kappa shape index (κ2) is 6.64. The number of rotatable bonds is 3. The van der Waals surface area contributed by atoms with Crippen molar-refractivity contribution in [1.82, 2.24) is 0 Å². The Kier molecular flexibility index (Phi) is 4.16. The zero-order valence-corrected chi connectivity index (χ0v) is 14.9. The van der Waals surface area contributed by atoms with E-state index in [2.05, 4.69) is 9.19 Å². The van der Waals surface area contributed by atoms with Gasteiger partial charge in [0.25, 0.3) is 10.0 Å². The molecule has 0 aromatic heterocycles. The van der Waals surface area contributed by atoms with Gasteiger partial charge in [-0.25, -0.2) is 0 Å². The summed E-state index contributed by atoms with van der Waals surface area (Å²) in [7, 11) is -3.99. The molecule has 1 aliphatic rings. The van der Waals surface area contributed by atoms with Crippen LogP contribution in [0, 0.1) is 0 Å². The van der Waals surface area contributed by atoms with E-state index in [1.807, 2.05) is 42.5 Å². The van der Waals surface area contributed by atoms with Gasteiger partial charge in [0.2, 0.25) is 5.84 Å². The number of para-hydroxylation sites is 2. The third-order valence-corrected chi connectivity index (χ3v) is 5.47. The molecule has 0 aliphatic carbocycles. The van der Waals surface area contributed by atoms with E-state index in [4.69, 9.17) is 0 Å². The SMILES string of the molecule is [N-]=[N+]=C1C(=NS(=O)(=O)c2ccccc2)N(c2ccccc2)c2ccccc21. The maximum atomic E-state index is 12.8. The fraction of sp³-hybridized carbons (Fsp3) is 0. The second-order valence-electron chi connectivity index (χ2n) is 5.84. The molecule has 3 aromatic rings. The van der Waals surface area contributed by atoms with Crippen molar-refractivity contribution >= 4 is 32.9 Å². The average Bonchev–Trinajstić information content (AvgIpc) is 3.01. The van der Waals surface area contributed by atoms with Crippen molar-refractivity contribution in [2.75, 3.05) is 4.90 Å². The van der Waals surface area contributed by atoms with Crippen LogP contribution in [0.25, 0.3) is 5.53 Å². The normalized spacial score (nSPS) is 14.9. The van der Waals surface area contributed by atoms with Crippen molar-refractivity contribution in [2.24, 2.45) is 4.40 Å². The fourth-order valence-electron chi connectivity index (χ4n) is 2.99. The quantitative estimate of drug-likeness (QED) is 0.518. The van der Waals surface area contributed by atoms with Gasteiger partial charge in [-0.3, -0.25) is 4.90 Å². The largest absolute Gasteiger partial charge is 0.368 e. The van der Waals surface area contributed by atoms with Gasteiger partial charge in [-0.1, -0.05) is 48.5 Å². The van der Waals surface area contributed by atoms with Crippen LogP contribution in [0.2, 0.25) is 0 Å². The molecule has 132 valence electrons. The minimum atomic E-state index is -3.99. The molecule has 0 saturated heterocycles. The van der Waals surface area contributed by atoms with E-state index in [1.54, 1.807) is 35.2 Å². The van der Waals surface area contributed by atoms with Crippen molar-refractivity contribution in [3.05, 3.63) is 96.0 Å². The van der Waals surface area contributed by atoms with Crippen molar-refractivity contribution in [1.29, 1.82) is 0 Å². The zero-order chi connectivity index (χ0) is 18.9. The van der Waals surface area contributed by atoms with Crippen molar-refractivity contribution in [3.8, 4) is 0 Å². The number of hydrogen-bond acceptors (Lipinski definition) is 2. The van der Waals surface area contributed by atoms with Crippen molar-refractivity contribution < 1.29 is 13.2 Å². The summed E-state index contributed by atoms with van der Waals surface area (Å²) in [6.07, 6.45) is 0. The number of fused-ring (bicyclic) bond motifs is 1. The molecule has 0 bridgehead atoms. The number of benzene rings is 3. The Morgan fingerprint density at radius 2 is 1.41 bits per heavy atom. The summed E-state index contributed by atoms with van der Waals surface area (Å²) in [5.41, 5.74) is 11.7. The van der Waals surface area contributed by atoms with Crippen molar-refractivity contribution in [3.63, 3.8) is 0 Å². The van der Waals surface area contributed by atoms with Crippen LogP contribution in [0.5, 0.6) is 0 Å². The number of anilines is 2. The highest BCUT2D eigenvalue weighted by molar-refractivity contribution is 7.90. The molecule has 0 unspecified atom stereocenters. The van der Waals surface area contributed by atoms with Gasteiger partial charge in [0.15, 0.2) is 0 Å². The number of sulfonamides is 1. The van der Waals surface area contributed by atoms with E-state index < -0.39 is 10.0 Å². The molecular formula is C20H14N4O2S. The van der Waals surface area contributed by atoms with E-state index in [1.165, 1.54) is 12.1 Å². The van der Waals surface area contributed by atoms with Gasteiger partial charge in [0, 0.05) is 5.69 Å². The van der Waals surface area contributed by atoms with Crippen LogP contribution < -0.4 is 4.90 Å². The van der Waals surface area contributed by atoms with Crippen LogP contribution in [0.4, 0.5) is 11.4 Å². The minimum absolute atomic E-state index is 0.0498. The van der Waals surface area contributed by atoms with E-state index in [0.29, 0.717) is 16.9 Å². The summed E-state index contributed by atoms with van der Waals surface area (Å²) in [5, 5.41) is 0. The van der Waals surface area contributed by atoms with E-state index >= 15 is 0 Å². The predicted molar refractivity (Wildman–Crippen MR) is 104 cm³/mol. The highest BCUT2D eigenvalue weighted by atomic mass is 32.2. The molecule has 3 aromatic carbocycles. The number of nitrogens with zero attached hydrogens (tertiary/aromatic N) is 4. The lowest BCUT2D eigenvalue weighted by Crippen LogP contribution is -2.27. The van der Waals surface area contributed by atoms with Gasteiger partial charge in [0.1, 0.15) is 0 Å². The van der Waals surface area contributed by atoms with Gasteiger partial charge < -0.3 is 5.53 Å². The highest BCUT2D eigenvalue weighted by Gasteiger charge is 2.40. The fourth-order valence-corrected chi connectivity index (χ4v) is 3.99. The average molecular weight is 374 g/mol. The molecule has 0 radical (unpaired) electrons. The summed E-state index contributed by atoms with van der Waals surface area (Å²) in [6, 6.07) is 24.4. The molecule has 0 spiro atoms. The Morgan fingerprint density at radius 3 is 2.07 bits per heavy atom. The number of amidine groups is 1. The third kappa shape index (κ3) is 2.95. The van der Waals surface area contributed by atoms with Gasteiger partial charge >= 0.3 is 5.71 Å². The molecule has 0 amide bonds. The Labute approximate surface area is 156 Å². The molecule has 4 rings (SSSR count). The Balaban J connectivity index is 1.96. The van der Waals surface area contributed by atoms with Crippen molar-refractivity contribution in [2.45, 2.75) is 4.90 Å². The van der Waals surface area contributed by atoms with Crippen LogP contribution >= 0.6 is 0 Å². The van der Waals surface area contributed by atoms with Gasteiger partial charge in [-0.15, -0.1) is 4.40 Å². The first kappa shape index (κ1) is 16.9. The predicted octanol–water partition coefficient (Wildman–Crippen LogP) is 3.64. The first-order valence-corrected chi connectivity index (χ1v) is 9.63. The Hall–Kier alpha value is -3.54. The van der Waals surface area contributed by atoms with Gasteiger partial charge in [0.05, 0.1) is 16.1 Å². The summed E-state index contributed by atoms with van der Waals surface area (Å²) in [4.78, 5) is 5.08. The maximum absolute atomic E-state index is 12.8. The first-order valence-electron chi connectivity index (χ1n) is 8.19. The maximum Gasteiger partial charge on any atom is 0.368 e. The number of hydrogen-bond donors (Lipinski definition) is 0. The molecule has 0 saturated carbocycles. The van der Waals surface area contributed by atoms with Crippen LogP contribution in [-0.2, 0) is 10.0 Å². The molecule has 0 fully saturated rings. The molecule has 7 heteroatoms. The summed E-state index contributed by atoms with van der Waals surface area (Å²) < 4.78 is 29.7. The summed E-state index contributed by atoms with van der Waals surface area (Å²) in [6.45, 7) is 0. The van der Waals surface area contributed by atoms with E-state index in [-0.39, 0.29) is 16.4 Å². The molecule has 1 aliphatic heterocycles. The van der Waals surface area contributed by atoms with Gasteiger partial charge in [-0.2, -0.15) is 13.2 Å². The van der Waals surface area contributed by atoms with Crippen LogP contribution in [0.1, 0.15) is 5.56 Å². The van der Waals surface area contributed by atoms with Crippen LogP contribution in [0.3, 0.4) is 0 Å². The lowest BCUT2D eigenvalue weighted by atomic mass is 10.1. The molecule has 27 heavy (non-hydrogen) atoms.